The molecule has 1 saturated heterocycles. The highest BCUT2D eigenvalue weighted by Gasteiger charge is 2.31. The van der Waals surface area contributed by atoms with Crippen LogP contribution in [0.2, 0.25) is 0 Å². The summed E-state index contributed by atoms with van der Waals surface area (Å²) in [5, 5.41) is 5.05. The van der Waals surface area contributed by atoms with Crippen molar-refractivity contribution in [2.75, 3.05) is 18.8 Å². The Balaban J connectivity index is 1.60. The van der Waals surface area contributed by atoms with E-state index in [1.165, 1.54) is 0 Å². The highest BCUT2D eigenvalue weighted by molar-refractivity contribution is 7.89. The average molecular weight is 322 g/mol. The molecule has 2 N–H and O–H groups in total. The maximum Gasteiger partial charge on any atom is 0.222 e. The van der Waals surface area contributed by atoms with E-state index in [2.05, 4.69) is 4.98 Å². The van der Waals surface area contributed by atoms with Crippen molar-refractivity contribution >= 4 is 21.6 Å². The molecule has 0 radical (unpaired) electrons. The minimum Gasteiger partial charge on any atom is -0.342 e. The number of nitrogens with zero attached hydrogens (tertiary/aromatic N) is 3. The molecule has 7 nitrogen and oxygen atoms in total. The Labute approximate surface area is 128 Å². The van der Waals surface area contributed by atoms with Crippen LogP contribution in [0.15, 0.2) is 30.7 Å². The van der Waals surface area contributed by atoms with Crippen LogP contribution in [0, 0.1) is 5.92 Å². The quantitative estimate of drug-likeness (QED) is 0.838. The summed E-state index contributed by atoms with van der Waals surface area (Å²) in [6, 6.07) is 3.93. The van der Waals surface area contributed by atoms with Crippen LogP contribution >= 0.6 is 0 Å². The topological polar surface area (TPSA) is 97.8 Å². The summed E-state index contributed by atoms with van der Waals surface area (Å²) < 4.78 is 24.2. The zero-order valence-corrected chi connectivity index (χ0v) is 12.9. The first-order chi connectivity index (χ1) is 10.4. The first-order valence-electron chi connectivity index (χ1n) is 7.10. The maximum absolute atomic E-state index is 11.9. The summed E-state index contributed by atoms with van der Waals surface area (Å²) in [6.07, 6.45) is 6.59. The molecule has 8 heteroatoms. The number of amides is 1. The van der Waals surface area contributed by atoms with Crippen LogP contribution in [0.4, 0.5) is 0 Å². The number of aromatic nitrogens is 2. The molecule has 0 aromatic carbocycles. The number of nitrogens with two attached hydrogens (primary N) is 1. The van der Waals surface area contributed by atoms with Gasteiger partial charge in [0.05, 0.1) is 5.75 Å². The van der Waals surface area contributed by atoms with Gasteiger partial charge in [-0.3, -0.25) is 4.79 Å². The first kappa shape index (κ1) is 15.0. The number of sulfonamides is 1. The van der Waals surface area contributed by atoms with Crippen molar-refractivity contribution in [3.8, 4) is 0 Å². The molecule has 2 aromatic rings. The standard InChI is InChI=1S/C14H18N4O3S/c15-22(20,21)10-12-7-14(19)18(9-12)5-3-11-1-2-13-16-4-6-17(13)8-11/h1-2,4,6,8,12H,3,5,7,9-10H2,(H2,15,20,21). The molecule has 0 spiro atoms. The van der Waals surface area contributed by atoms with Crippen LogP contribution in [0.3, 0.4) is 0 Å². The number of hydrogen-bond donors (Lipinski definition) is 1. The molecule has 1 aliphatic heterocycles. The Hall–Kier alpha value is -1.93. The van der Waals surface area contributed by atoms with Gasteiger partial charge >= 0.3 is 0 Å². The van der Waals surface area contributed by atoms with Gasteiger partial charge in [0.1, 0.15) is 5.65 Å². The molecule has 3 heterocycles. The Morgan fingerprint density at radius 3 is 2.95 bits per heavy atom. The van der Waals surface area contributed by atoms with Crippen molar-refractivity contribution < 1.29 is 13.2 Å². The van der Waals surface area contributed by atoms with E-state index >= 15 is 0 Å². The van der Waals surface area contributed by atoms with E-state index in [0.29, 0.717) is 13.1 Å². The summed E-state index contributed by atoms with van der Waals surface area (Å²) in [6.45, 7) is 1.04. The third-order valence-electron chi connectivity index (χ3n) is 3.88. The number of carbonyl (C=O) groups is 1. The van der Waals surface area contributed by atoms with Crippen molar-refractivity contribution in [3.05, 3.63) is 36.3 Å². The lowest BCUT2D eigenvalue weighted by Gasteiger charge is -2.16. The molecule has 2 aromatic heterocycles. The SMILES string of the molecule is NS(=O)(=O)CC1CC(=O)N(CCc2ccc3nccn3c2)C1. The summed E-state index contributed by atoms with van der Waals surface area (Å²) in [5.41, 5.74) is 1.99. The largest absolute Gasteiger partial charge is 0.342 e. The average Bonchev–Trinajstić information content (AvgIpc) is 3.00. The number of hydrogen-bond acceptors (Lipinski definition) is 4. The van der Waals surface area contributed by atoms with Crippen LogP contribution in [-0.4, -0.2) is 47.5 Å². The molecule has 1 amide bonds. The fraction of sp³-hybridized carbons (Fsp3) is 0.429. The molecular formula is C14H18N4O3S. The molecule has 1 aliphatic rings. The highest BCUT2D eigenvalue weighted by atomic mass is 32.2. The molecule has 118 valence electrons. The molecule has 1 unspecified atom stereocenters. The second kappa shape index (κ2) is 5.69. The molecule has 3 rings (SSSR count). The van der Waals surface area contributed by atoms with Gasteiger partial charge in [-0.2, -0.15) is 0 Å². The van der Waals surface area contributed by atoms with Crippen molar-refractivity contribution in [2.24, 2.45) is 11.1 Å². The third kappa shape index (κ3) is 3.45. The Bertz CT molecular complexity index is 799. The number of rotatable bonds is 5. The first-order valence-corrected chi connectivity index (χ1v) is 8.82. The molecule has 1 fully saturated rings. The fourth-order valence-corrected chi connectivity index (χ4v) is 3.77. The molecule has 0 aliphatic carbocycles. The van der Waals surface area contributed by atoms with E-state index in [0.717, 1.165) is 17.6 Å². The Morgan fingerprint density at radius 1 is 1.36 bits per heavy atom. The van der Waals surface area contributed by atoms with Crippen LogP contribution in [0.1, 0.15) is 12.0 Å². The van der Waals surface area contributed by atoms with Crippen molar-refractivity contribution in [3.63, 3.8) is 0 Å². The smallest absolute Gasteiger partial charge is 0.222 e. The van der Waals surface area contributed by atoms with Crippen LogP contribution < -0.4 is 5.14 Å². The molecule has 22 heavy (non-hydrogen) atoms. The van der Waals surface area contributed by atoms with Crippen LogP contribution in [0.25, 0.3) is 5.65 Å². The summed E-state index contributed by atoms with van der Waals surface area (Å²) in [5.74, 6) is -0.327. The zero-order chi connectivity index (χ0) is 15.7. The third-order valence-corrected chi connectivity index (χ3v) is 4.82. The number of pyridine rings is 1. The zero-order valence-electron chi connectivity index (χ0n) is 12.1. The predicted octanol–water partition coefficient (Wildman–Crippen LogP) is 0.0138. The molecule has 0 saturated carbocycles. The monoisotopic (exact) mass is 322 g/mol. The molecular weight excluding hydrogens is 304 g/mol. The number of fused-ring (bicyclic) bond motifs is 1. The van der Waals surface area contributed by atoms with Gasteiger partial charge in [-0.15, -0.1) is 0 Å². The molecule has 1 atom stereocenters. The lowest BCUT2D eigenvalue weighted by molar-refractivity contribution is -0.127. The molecule has 0 bridgehead atoms. The van der Waals surface area contributed by atoms with Crippen molar-refractivity contribution in [2.45, 2.75) is 12.8 Å². The summed E-state index contributed by atoms with van der Waals surface area (Å²) >= 11 is 0. The fourth-order valence-electron chi connectivity index (χ4n) is 2.89. The van der Waals surface area contributed by atoms with Gasteiger partial charge in [-0.25, -0.2) is 18.5 Å². The second-order valence-corrected chi connectivity index (χ2v) is 7.38. The number of likely N-dealkylation sites (tertiary alicyclic amines) is 1. The lowest BCUT2D eigenvalue weighted by atomic mass is 10.1. The van der Waals surface area contributed by atoms with E-state index in [4.69, 9.17) is 5.14 Å². The summed E-state index contributed by atoms with van der Waals surface area (Å²) in [4.78, 5) is 17.8. The lowest BCUT2D eigenvalue weighted by Crippen LogP contribution is -2.29. The maximum atomic E-state index is 11.9. The van der Waals surface area contributed by atoms with E-state index in [1.807, 2.05) is 28.9 Å². The number of carbonyl (C=O) groups excluding carboxylic acids is 1. The second-order valence-electron chi connectivity index (χ2n) is 5.72. The van der Waals surface area contributed by atoms with E-state index in [-0.39, 0.29) is 24.0 Å². The Kier molecular flexibility index (Phi) is 3.88. The van der Waals surface area contributed by atoms with Gasteiger partial charge in [0, 0.05) is 44.0 Å². The van der Waals surface area contributed by atoms with Crippen molar-refractivity contribution in [1.29, 1.82) is 0 Å². The van der Waals surface area contributed by atoms with Gasteiger partial charge in [0.25, 0.3) is 0 Å². The van der Waals surface area contributed by atoms with Gasteiger partial charge in [0.15, 0.2) is 0 Å². The number of primary sulfonamides is 1. The van der Waals surface area contributed by atoms with E-state index in [9.17, 15) is 13.2 Å². The normalized spacial score (nSPS) is 19.2. The van der Waals surface area contributed by atoms with Crippen LogP contribution in [0.5, 0.6) is 0 Å². The van der Waals surface area contributed by atoms with Crippen LogP contribution in [-0.2, 0) is 21.2 Å². The highest BCUT2D eigenvalue weighted by Crippen LogP contribution is 2.19. The summed E-state index contributed by atoms with van der Waals surface area (Å²) in [7, 11) is -3.53. The van der Waals surface area contributed by atoms with E-state index in [1.54, 1.807) is 11.1 Å². The van der Waals surface area contributed by atoms with Crippen molar-refractivity contribution in [1.82, 2.24) is 14.3 Å². The Morgan fingerprint density at radius 2 is 2.18 bits per heavy atom. The number of imidazole rings is 1. The van der Waals surface area contributed by atoms with Gasteiger partial charge < -0.3 is 9.30 Å². The minimum atomic E-state index is -3.53. The van der Waals surface area contributed by atoms with Gasteiger partial charge in [-0.05, 0) is 18.1 Å². The van der Waals surface area contributed by atoms with Gasteiger partial charge in [-0.1, -0.05) is 6.07 Å². The van der Waals surface area contributed by atoms with E-state index < -0.39 is 10.0 Å². The predicted molar refractivity (Wildman–Crippen MR) is 81.6 cm³/mol. The minimum absolute atomic E-state index is 0.00245. The van der Waals surface area contributed by atoms with Gasteiger partial charge in [0.2, 0.25) is 15.9 Å².